The maximum Gasteiger partial charge on any atom is 0.268 e. The van der Waals surface area contributed by atoms with Crippen LogP contribution in [0.25, 0.3) is 11.3 Å². The van der Waals surface area contributed by atoms with Crippen molar-refractivity contribution >= 4 is 15.9 Å². The second kappa shape index (κ2) is 5.35. The first-order valence-electron chi connectivity index (χ1n) is 5.45. The summed E-state index contributed by atoms with van der Waals surface area (Å²) in [6.07, 6.45) is 0. The molecule has 0 radical (unpaired) electrons. The minimum atomic E-state index is -0.166. The zero-order valence-electron chi connectivity index (χ0n) is 10.2. The smallest absolute Gasteiger partial charge is 0.268 e. The summed E-state index contributed by atoms with van der Waals surface area (Å²) in [5.74, 6) is 0.837. The van der Waals surface area contributed by atoms with Crippen LogP contribution in [0, 0.1) is 6.92 Å². The second-order valence-electron chi connectivity index (χ2n) is 3.93. The lowest BCUT2D eigenvalue weighted by Crippen LogP contribution is -2.13. The fourth-order valence-corrected chi connectivity index (χ4v) is 2.15. The van der Waals surface area contributed by atoms with Gasteiger partial charge in [0, 0.05) is 16.5 Å². The lowest BCUT2D eigenvalue weighted by atomic mass is 10.1. The minimum absolute atomic E-state index is 0.166. The molecular formula is C13H13BrN2O2. The number of rotatable bonds is 3. The summed E-state index contributed by atoms with van der Waals surface area (Å²) in [4.78, 5) is 11.4. The Kier molecular flexibility index (Phi) is 3.81. The van der Waals surface area contributed by atoms with E-state index in [1.807, 2.05) is 25.1 Å². The van der Waals surface area contributed by atoms with E-state index in [-0.39, 0.29) is 5.56 Å². The SMILES string of the molecule is COc1ccc(-c2cc(CBr)c(=O)[nH]n2)cc1C. The highest BCUT2D eigenvalue weighted by Gasteiger charge is 2.06. The lowest BCUT2D eigenvalue weighted by Gasteiger charge is -2.07. The first-order valence-corrected chi connectivity index (χ1v) is 6.57. The predicted molar refractivity (Wildman–Crippen MR) is 74.2 cm³/mol. The van der Waals surface area contributed by atoms with Crippen molar-refractivity contribution < 1.29 is 4.74 Å². The van der Waals surface area contributed by atoms with Crippen LogP contribution in [0.3, 0.4) is 0 Å². The molecule has 5 heteroatoms. The van der Waals surface area contributed by atoms with Crippen molar-refractivity contribution in [3.05, 3.63) is 45.7 Å². The summed E-state index contributed by atoms with van der Waals surface area (Å²) in [5, 5.41) is 7.06. The Bertz CT molecular complexity index is 623. The number of nitrogens with one attached hydrogen (secondary N) is 1. The van der Waals surface area contributed by atoms with Gasteiger partial charge in [-0.1, -0.05) is 15.9 Å². The Morgan fingerprint density at radius 1 is 1.39 bits per heavy atom. The number of nitrogens with zero attached hydrogens (tertiary/aromatic N) is 1. The summed E-state index contributed by atoms with van der Waals surface area (Å²) in [6.45, 7) is 1.97. The molecule has 1 N–H and O–H groups in total. The van der Waals surface area contributed by atoms with E-state index >= 15 is 0 Å². The number of alkyl halides is 1. The number of aryl methyl sites for hydroxylation is 1. The fourth-order valence-electron chi connectivity index (χ4n) is 1.73. The van der Waals surface area contributed by atoms with E-state index < -0.39 is 0 Å². The van der Waals surface area contributed by atoms with Crippen molar-refractivity contribution in [2.75, 3.05) is 7.11 Å². The predicted octanol–water partition coefficient (Wildman–Crippen LogP) is 2.65. The van der Waals surface area contributed by atoms with Gasteiger partial charge in [-0.25, -0.2) is 5.10 Å². The van der Waals surface area contributed by atoms with Gasteiger partial charge >= 0.3 is 0 Å². The summed E-state index contributed by atoms with van der Waals surface area (Å²) in [7, 11) is 1.64. The number of hydrogen-bond donors (Lipinski definition) is 1. The van der Waals surface area contributed by atoms with Gasteiger partial charge < -0.3 is 4.74 Å². The molecule has 0 saturated heterocycles. The van der Waals surface area contributed by atoms with Crippen LogP contribution in [0.2, 0.25) is 0 Å². The zero-order valence-corrected chi connectivity index (χ0v) is 11.7. The normalized spacial score (nSPS) is 10.4. The number of hydrogen-bond acceptors (Lipinski definition) is 3. The van der Waals surface area contributed by atoms with Crippen LogP contribution < -0.4 is 10.3 Å². The zero-order chi connectivity index (χ0) is 13.1. The minimum Gasteiger partial charge on any atom is -0.496 e. The molecule has 0 saturated carbocycles. The number of benzene rings is 1. The third kappa shape index (κ3) is 2.46. The highest BCUT2D eigenvalue weighted by atomic mass is 79.9. The molecule has 0 unspecified atom stereocenters. The van der Waals surface area contributed by atoms with Gasteiger partial charge in [-0.2, -0.15) is 5.10 Å². The van der Waals surface area contributed by atoms with Crippen molar-refractivity contribution in [2.24, 2.45) is 0 Å². The monoisotopic (exact) mass is 308 g/mol. The van der Waals surface area contributed by atoms with Gasteiger partial charge in [0.05, 0.1) is 12.8 Å². The van der Waals surface area contributed by atoms with Crippen molar-refractivity contribution in [1.29, 1.82) is 0 Å². The van der Waals surface area contributed by atoms with Crippen LogP contribution in [0.4, 0.5) is 0 Å². The van der Waals surface area contributed by atoms with Gasteiger partial charge in [0.25, 0.3) is 5.56 Å². The molecule has 0 atom stereocenters. The van der Waals surface area contributed by atoms with Gasteiger partial charge in [0.2, 0.25) is 0 Å². The molecule has 0 fully saturated rings. The number of aromatic amines is 1. The van der Waals surface area contributed by atoms with Gasteiger partial charge in [-0.3, -0.25) is 4.79 Å². The van der Waals surface area contributed by atoms with Crippen molar-refractivity contribution in [2.45, 2.75) is 12.3 Å². The quantitative estimate of drug-likeness (QED) is 0.887. The van der Waals surface area contributed by atoms with Gasteiger partial charge in [-0.05, 0) is 36.8 Å². The highest BCUT2D eigenvalue weighted by Crippen LogP contribution is 2.24. The summed E-state index contributed by atoms with van der Waals surface area (Å²) >= 11 is 3.28. The first kappa shape index (κ1) is 12.8. The number of H-pyrrole nitrogens is 1. The first-order chi connectivity index (χ1) is 8.65. The Morgan fingerprint density at radius 3 is 2.78 bits per heavy atom. The largest absolute Gasteiger partial charge is 0.496 e. The van der Waals surface area contributed by atoms with Gasteiger partial charge in [0.15, 0.2) is 0 Å². The molecule has 1 heterocycles. The Labute approximate surface area is 113 Å². The van der Waals surface area contributed by atoms with E-state index in [0.29, 0.717) is 10.9 Å². The number of ether oxygens (including phenoxy) is 1. The van der Waals surface area contributed by atoms with Crippen LogP contribution in [0.5, 0.6) is 5.75 Å². The van der Waals surface area contributed by atoms with Crippen LogP contribution in [-0.4, -0.2) is 17.3 Å². The standard InChI is InChI=1S/C13H13BrN2O2/c1-8-5-9(3-4-12(8)18-2)11-6-10(7-14)13(17)16-15-11/h3-6H,7H2,1-2H3,(H,16,17). The van der Waals surface area contributed by atoms with E-state index in [9.17, 15) is 4.79 Å². The molecule has 1 aromatic heterocycles. The van der Waals surface area contributed by atoms with Crippen LogP contribution in [0.1, 0.15) is 11.1 Å². The average molecular weight is 309 g/mol. The van der Waals surface area contributed by atoms with Crippen molar-refractivity contribution in [1.82, 2.24) is 10.2 Å². The molecule has 0 spiro atoms. The van der Waals surface area contributed by atoms with Crippen molar-refractivity contribution in [3.8, 4) is 17.0 Å². The Balaban J connectivity index is 2.48. The summed E-state index contributed by atoms with van der Waals surface area (Å²) in [6, 6.07) is 7.59. The molecule has 2 aromatic rings. The number of aromatic nitrogens is 2. The molecule has 0 aliphatic rings. The van der Waals surface area contributed by atoms with Crippen LogP contribution in [0.15, 0.2) is 29.1 Å². The van der Waals surface area contributed by atoms with E-state index in [1.54, 1.807) is 13.2 Å². The average Bonchev–Trinajstić information content (AvgIpc) is 2.39. The summed E-state index contributed by atoms with van der Waals surface area (Å²) in [5.41, 5.74) is 3.22. The molecule has 0 aliphatic carbocycles. The molecule has 0 bridgehead atoms. The van der Waals surface area contributed by atoms with Gasteiger partial charge in [-0.15, -0.1) is 0 Å². The molecule has 94 valence electrons. The number of halogens is 1. The van der Waals surface area contributed by atoms with Crippen molar-refractivity contribution in [3.63, 3.8) is 0 Å². The molecule has 18 heavy (non-hydrogen) atoms. The molecule has 4 nitrogen and oxygen atoms in total. The van der Waals surface area contributed by atoms with Gasteiger partial charge in [0.1, 0.15) is 5.75 Å². The molecule has 2 rings (SSSR count). The molecule has 0 amide bonds. The molecule has 0 aliphatic heterocycles. The third-order valence-corrected chi connectivity index (χ3v) is 3.32. The molecular weight excluding hydrogens is 296 g/mol. The van der Waals surface area contributed by atoms with E-state index in [4.69, 9.17) is 4.74 Å². The second-order valence-corrected chi connectivity index (χ2v) is 4.49. The maximum atomic E-state index is 11.4. The summed E-state index contributed by atoms with van der Waals surface area (Å²) < 4.78 is 5.21. The number of methoxy groups -OCH3 is 1. The Hall–Kier alpha value is -1.62. The third-order valence-electron chi connectivity index (χ3n) is 2.72. The topological polar surface area (TPSA) is 55.0 Å². The van der Waals surface area contributed by atoms with Crippen LogP contribution >= 0.6 is 15.9 Å². The van der Waals surface area contributed by atoms with E-state index in [1.165, 1.54) is 0 Å². The maximum absolute atomic E-state index is 11.4. The Morgan fingerprint density at radius 2 is 2.17 bits per heavy atom. The lowest BCUT2D eigenvalue weighted by molar-refractivity contribution is 0.412. The highest BCUT2D eigenvalue weighted by molar-refractivity contribution is 9.08. The van der Waals surface area contributed by atoms with E-state index in [2.05, 4.69) is 26.1 Å². The fraction of sp³-hybridized carbons (Fsp3) is 0.231. The van der Waals surface area contributed by atoms with E-state index in [0.717, 1.165) is 22.6 Å². The molecule has 1 aromatic carbocycles. The van der Waals surface area contributed by atoms with Crippen LogP contribution in [-0.2, 0) is 5.33 Å².